The molecule has 0 aliphatic carbocycles. The molecular weight excluding hydrogens is 381 g/mol. The van der Waals surface area contributed by atoms with E-state index in [4.69, 9.17) is 5.26 Å². The monoisotopic (exact) mass is 395 g/mol. The number of nitrogens with zero attached hydrogens (tertiary/aromatic N) is 3. The van der Waals surface area contributed by atoms with Crippen LogP contribution in [0.2, 0.25) is 0 Å². The van der Waals surface area contributed by atoms with Crippen molar-refractivity contribution in [2.24, 2.45) is 0 Å². The van der Waals surface area contributed by atoms with Gasteiger partial charge in [0.25, 0.3) is 0 Å². The first-order valence-electron chi connectivity index (χ1n) is 6.28. The number of hydrogen-bond acceptors (Lipinski definition) is 3. The normalized spacial score (nSPS) is 11.2. The van der Waals surface area contributed by atoms with E-state index in [1.165, 1.54) is 0 Å². The summed E-state index contributed by atoms with van der Waals surface area (Å²) in [4.78, 5) is 11.3. The van der Waals surface area contributed by atoms with Crippen LogP contribution in [-0.4, -0.2) is 20.9 Å². The van der Waals surface area contributed by atoms with Crippen molar-refractivity contribution in [1.82, 2.24) is 9.78 Å². The van der Waals surface area contributed by atoms with Crippen molar-refractivity contribution in [2.45, 2.75) is 26.2 Å². The summed E-state index contributed by atoms with van der Waals surface area (Å²) in [6.07, 6.45) is 0. The van der Waals surface area contributed by atoms with Crippen molar-refractivity contribution < 1.29 is 9.90 Å². The minimum absolute atomic E-state index is 0.0304. The highest BCUT2D eigenvalue weighted by molar-refractivity contribution is 14.1. The lowest BCUT2D eigenvalue weighted by molar-refractivity contribution is 0.0689. The fourth-order valence-electron chi connectivity index (χ4n) is 2.08. The van der Waals surface area contributed by atoms with E-state index in [-0.39, 0.29) is 11.1 Å². The molecular formula is C15H14IN3O2. The molecule has 6 heteroatoms. The van der Waals surface area contributed by atoms with Gasteiger partial charge in [-0.3, -0.25) is 0 Å². The number of carboxylic acids is 1. The van der Waals surface area contributed by atoms with Crippen LogP contribution in [-0.2, 0) is 5.41 Å². The van der Waals surface area contributed by atoms with Gasteiger partial charge in [0.1, 0.15) is 0 Å². The molecule has 0 unspecified atom stereocenters. The second-order valence-electron chi connectivity index (χ2n) is 5.64. The van der Waals surface area contributed by atoms with Crippen molar-refractivity contribution in [1.29, 1.82) is 5.26 Å². The van der Waals surface area contributed by atoms with Crippen LogP contribution in [0.25, 0.3) is 5.69 Å². The Kier molecular flexibility index (Phi) is 4.05. The molecule has 1 heterocycles. The Labute approximate surface area is 136 Å². The number of carbonyl (C=O) groups is 1. The van der Waals surface area contributed by atoms with Crippen molar-refractivity contribution >= 4 is 28.6 Å². The summed E-state index contributed by atoms with van der Waals surface area (Å²) in [5.41, 5.74) is 1.76. The Balaban J connectivity index is 2.76. The molecule has 0 radical (unpaired) electrons. The van der Waals surface area contributed by atoms with Crippen molar-refractivity contribution in [3.8, 4) is 11.8 Å². The van der Waals surface area contributed by atoms with Crippen LogP contribution in [0.5, 0.6) is 0 Å². The summed E-state index contributed by atoms with van der Waals surface area (Å²) < 4.78 is 2.24. The van der Waals surface area contributed by atoms with Gasteiger partial charge >= 0.3 is 5.97 Å². The van der Waals surface area contributed by atoms with Crippen LogP contribution in [0.3, 0.4) is 0 Å². The molecule has 1 aromatic heterocycles. The van der Waals surface area contributed by atoms with Crippen LogP contribution in [0.4, 0.5) is 0 Å². The SMILES string of the molecule is CC(C)(C)c1c(I)c(C(=O)O)nn1-c1cccc(C#N)c1. The molecule has 1 aromatic carbocycles. The van der Waals surface area contributed by atoms with Gasteiger partial charge in [0.05, 0.1) is 26.6 Å². The summed E-state index contributed by atoms with van der Waals surface area (Å²) in [5.74, 6) is -1.06. The lowest BCUT2D eigenvalue weighted by Crippen LogP contribution is -2.18. The quantitative estimate of drug-likeness (QED) is 0.792. The Morgan fingerprint density at radius 2 is 2.10 bits per heavy atom. The number of aromatic nitrogens is 2. The van der Waals surface area contributed by atoms with Crippen LogP contribution in [0.15, 0.2) is 24.3 Å². The van der Waals surface area contributed by atoms with Gasteiger partial charge < -0.3 is 5.11 Å². The molecule has 5 nitrogen and oxygen atoms in total. The summed E-state index contributed by atoms with van der Waals surface area (Å²) in [5, 5.41) is 22.5. The highest BCUT2D eigenvalue weighted by Gasteiger charge is 2.29. The Hall–Kier alpha value is -1.88. The standard InChI is InChI=1S/C15H14IN3O2/c1-15(2,3)13-11(16)12(14(20)21)18-19(13)10-6-4-5-9(7-10)8-17/h4-7H,1-3H3,(H,20,21). The van der Waals surface area contributed by atoms with Crippen LogP contribution in [0.1, 0.15) is 42.5 Å². The van der Waals surface area contributed by atoms with Crippen LogP contribution < -0.4 is 0 Å². The highest BCUT2D eigenvalue weighted by Crippen LogP contribution is 2.31. The molecule has 0 spiro atoms. The topological polar surface area (TPSA) is 78.9 Å². The van der Waals surface area contributed by atoms with Gasteiger partial charge in [-0.2, -0.15) is 10.4 Å². The summed E-state index contributed by atoms with van der Waals surface area (Å²) >= 11 is 2.02. The first-order chi connectivity index (χ1) is 9.75. The molecule has 108 valence electrons. The molecule has 0 aliphatic heterocycles. The zero-order valence-corrected chi connectivity index (χ0v) is 14.0. The zero-order valence-electron chi connectivity index (χ0n) is 11.9. The van der Waals surface area contributed by atoms with Gasteiger partial charge in [0, 0.05) is 5.41 Å². The van der Waals surface area contributed by atoms with Gasteiger partial charge in [-0.1, -0.05) is 26.8 Å². The fourth-order valence-corrected chi connectivity index (χ4v) is 3.45. The Morgan fingerprint density at radius 3 is 2.62 bits per heavy atom. The third-order valence-corrected chi connectivity index (χ3v) is 3.98. The average Bonchev–Trinajstić information content (AvgIpc) is 2.76. The van der Waals surface area contributed by atoms with Crippen molar-refractivity contribution in [3.05, 3.63) is 44.8 Å². The van der Waals surface area contributed by atoms with Crippen molar-refractivity contribution in [2.75, 3.05) is 0 Å². The fraction of sp³-hybridized carbons (Fsp3) is 0.267. The second kappa shape index (κ2) is 5.48. The van der Waals surface area contributed by atoms with E-state index in [0.29, 0.717) is 14.8 Å². The van der Waals surface area contributed by atoms with E-state index in [2.05, 4.69) is 11.2 Å². The number of aromatic carboxylic acids is 1. The van der Waals surface area contributed by atoms with E-state index in [0.717, 1.165) is 5.69 Å². The second-order valence-corrected chi connectivity index (χ2v) is 6.72. The number of benzene rings is 1. The summed E-state index contributed by atoms with van der Waals surface area (Å²) in [6.45, 7) is 6.01. The summed E-state index contributed by atoms with van der Waals surface area (Å²) in [6, 6.07) is 9.05. The molecule has 1 N–H and O–H groups in total. The summed E-state index contributed by atoms with van der Waals surface area (Å²) in [7, 11) is 0. The highest BCUT2D eigenvalue weighted by atomic mass is 127. The molecule has 0 bridgehead atoms. The largest absolute Gasteiger partial charge is 0.476 e. The van der Waals surface area contributed by atoms with E-state index < -0.39 is 5.97 Å². The number of rotatable bonds is 2. The lowest BCUT2D eigenvalue weighted by Gasteiger charge is -2.21. The number of carboxylic acid groups (broad SMARTS) is 1. The van der Waals surface area contributed by atoms with E-state index in [1.807, 2.05) is 49.4 Å². The minimum atomic E-state index is -1.06. The zero-order chi connectivity index (χ0) is 15.8. The van der Waals surface area contributed by atoms with Crippen LogP contribution in [0, 0.1) is 14.9 Å². The number of hydrogen-bond donors (Lipinski definition) is 1. The van der Waals surface area contributed by atoms with E-state index >= 15 is 0 Å². The van der Waals surface area contributed by atoms with Gasteiger partial charge in [-0.15, -0.1) is 0 Å². The molecule has 0 aliphatic rings. The molecule has 0 fully saturated rings. The predicted molar refractivity (Wildman–Crippen MR) is 86.7 cm³/mol. The van der Waals surface area contributed by atoms with Crippen molar-refractivity contribution in [3.63, 3.8) is 0 Å². The maximum absolute atomic E-state index is 11.3. The lowest BCUT2D eigenvalue weighted by atomic mass is 9.91. The maximum Gasteiger partial charge on any atom is 0.357 e. The predicted octanol–water partition coefficient (Wildman–Crippen LogP) is 3.34. The van der Waals surface area contributed by atoms with Gasteiger partial charge in [-0.05, 0) is 40.8 Å². The molecule has 0 atom stereocenters. The number of halogens is 1. The molecule has 21 heavy (non-hydrogen) atoms. The Bertz CT molecular complexity index is 751. The first kappa shape index (κ1) is 15.5. The molecule has 2 rings (SSSR count). The first-order valence-corrected chi connectivity index (χ1v) is 7.36. The van der Waals surface area contributed by atoms with Gasteiger partial charge in [0.2, 0.25) is 0 Å². The Morgan fingerprint density at radius 1 is 1.43 bits per heavy atom. The molecule has 0 saturated heterocycles. The molecule has 0 saturated carbocycles. The molecule has 0 amide bonds. The third kappa shape index (κ3) is 2.93. The average molecular weight is 395 g/mol. The third-order valence-electron chi connectivity index (χ3n) is 2.96. The smallest absolute Gasteiger partial charge is 0.357 e. The minimum Gasteiger partial charge on any atom is -0.476 e. The van der Waals surface area contributed by atoms with Gasteiger partial charge in [-0.25, -0.2) is 9.48 Å². The number of nitriles is 1. The van der Waals surface area contributed by atoms with E-state index in [9.17, 15) is 9.90 Å². The van der Waals surface area contributed by atoms with Gasteiger partial charge in [0.15, 0.2) is 5.69 Å². The van der Waals surface area contributed by atoms with Crippen LogP contribution >= 0.6 is 22.6 Å². The molecule has 2 aromatic rings. The maximum atomic E-state index is 11.3. The van der Waals surface area contributed by atoms with E-state index in [1.54, 1.807) is 22.9 Å².